The second-order valence-electron chi connectivity index (χ2n) is 8.37. The number of rotatable bonds is 4. The van der Waals surface area contributed by atoms with Crippen molar-refractivity contribution in [2.75, 3.05) is 23.4 Å². The fourth-order valence-electron chi connectivity index (χ4n) is 4.63. The van der Waals surface area contributed by atoms with Crippen LogP contribution in [0.4, 0.5) is 11.6 Å². The minimum absolute atomic E-state index is 0.128. The Labute approximate surface area is 171 Å². The van der Waals surface area contributed by atoms with Gasteiger partial charge in [-0.1, -0.05) is 18.2 Å². The van der Waals surface area contributed by atoms with Crippen molar-refractivity contribution in [1.29, 1.82) is 0 Å². The van der Waals surface area contributed by atoms with Gasteiger partial charge in [0, 0.05) is 23.5 Å². The first-order valence-corrected chi connectivity index (χ1v) is 10.3. The number of aromatic nitrogens is 3. The zero-order chi connectivity index (χ0) is 20.1. The molecule has 6 heteroatoms. The molecule has 4 heterocycles. The van der Waals surface area contributed by atoms with E-state index >= 15 is 0 Å². The molecule has 1 N–H and O–H groups in total. The molecule has 150 valence electrons. The Morgan fingerprint density at radius 3 is 2.79 bits per heavy atom. The van der Waals surface area contributed by atoms with Gasteiger partial charge in [-0.25, -0.2) is 4.98 Å². The number of nitrogens with one attached hydrogen (secondary N) is 1. The predicted molar refractivity (Wildman–Crippen MR) is 116 cm³/mol. The van der Waals surface area contributed by atoms with E-state index in [9.17, 15) is 0 Å². The number of morpholine rings is 1. The quantitative estimate of drug-likeness (QED) is 0.725. The topological polar surface area (TPSA) is 63.2 Å². The van der Waals surface area contributed by atoms with Gasteiger partial charge < -0.3 is 15.0 Å². The van der Waals surface area contributed by atoms with Crippen molar-refractivity contribution in [3.63, 3.8) is 0 Å². The van der Waals surface area contributed by atoms with E-state index in [1.165, 1.54) is 16.7 Å². The minimum atomic E-state index is 0.128. The summed E-state index contributed by atoms with van der Waals surface area (Å²) >= 11 is 0. The lowest BCUT2D eigenvalue weighted by molar-refractivity contribution is 0.0989. The van der Waals surface area contributed by atoms with Gasteiger partial charge in [0.1, 0.15) is 5.82 Å². The Hall–Kier alpha value is -2.73. The standard InChI is InChI=1S/C23H27N5O/c1-13-6-5-7-19(14(13)2)15(3)25-23-20-9-22(24-10-21(20)16(4)26-27-23)28-11-18-8-17(28)12-29-18/h5-7,9-10,15,17-18H,8,11-12H2,1-4H3,(H,25,27)/t15-,17-,18-/m1/s1. The van der Waals surface area contributed by atoms with Gasteiger partial charge in [-0.05, 0) is 56.9 Å². The Bertz CT molecular complexity index is 1080. The van der Waals surface area contributed by atoms with Gasteiger partial charge in [0.2, 0.25) is 0 Å². The first-order valence-electron chi connectivity index (χ1n) is 10.3. The van der Waals surface area contributed by atoms with E-state index in [0.29, 0.717) is 12.1 Å². The molecule has 1 aromatic carbocycles. The number of benzene rings is 1. The van der Waals surface area contributed by atoms with Crippen LogP contribution in [0.5, 0.6) is 0 Å². The molecular weight excluding hydrogens is 362 g/mol. The van der Waals surface area contributed by atoms with Crippen LogP contribution in [0, 0.1) is 20.8 Å². The molecule has 3 aromatic rings. The number of fused-ring (bicyclic) bond motifs is 3. The molecule has 0 saturated carbocycles. The van der Waals surface area contributed by atoms with Gasteiger partial charge in [-0.2, -0.15) is 5.10 Å². The summed E-state index contributed by atoms with van der Waals surface area (Å²) in [6, 6.07) is 9.17. The minimum Gasteiger partial charge on any atom is -0.374 e. The van der Waals surface area contributed by atoms with E-state index in [-0.39, 0.29) is 6.04 Å². The normalized spacial score (nSPS) is 21.7. The van der Waals surface area contributed by atoms with Crippen LogP contribution in [0.3, 0.4) is 0 Å². The van der Waals surface area contributed by atoms with E-state index in [0.717, 1.165) is 47.7 Å². The lowest BCUT2D eigenvalue weighted by atomic mass is 9.98. The van der Waals surface area contributed by atoms with Crippen LogP contribution in [-0.4, -0.2) is 40.5 Å². The van der Waals surface area contributed by atoms with Crippen LogP contribution in [0.15, 0.2) is 30.5 Å². The number of anilines is 2. The van der Waals surface area contributed by atoms with E-state index < -0.39 is 0 Å². The maximum absolute atomic E-state index is 5.75. The van der Waals surface area contributed by atoms with Gasteiger partial charge in [-0.15, -0.1) is 5.10 Å². The monoisotopic (exact) mass is 389 g/mol. The number of ether oxygens (including phenoxy) is 1. The zero-order valence-corrected chi connectivity index (χ0v) is 17.4. The number of aryl methyl sites for hydroxylation is 2. The molecule has 29 heavy (non-hydrogen) atoms. The van der Waals surface area contributed by atoms with E-state index in [4.69, 9.17) is 9.72 Å². The maximum atomic E-state index is 5.75. The second kappa shape index (κ2) is 6.95. The molecule has 2 saturated heterocycles. The summed E-state index contributed by atoms with van der Waals surface area (Å²) in [5, 5.41) is 14.6. The summed E-state index contributed by atoms with van der Waals surface area (Å²) < 4.78 is 5.75. The summed E-state index contributed by atoms with van der Waals surface area (Å²) in [7, 11) is 0. The molecule has 3 atom stereocenters. The summed E-state index contributed by atoms with van der Waals surface area (Å²) in [6.07, 6.45) is 3.38. The van der Waals surface area contributed by atoms with Gasteiger partial charge in [-0.3, -0.25) is 0 Å². The average molecular weight is 390 g/mol. The molecule has 0 unspecified atom stereocenters. The summed E-state index contributed by atoms with van der Waals surface area (Å²) in [4.78, 5) is 7.12. The Morgan fingerprint density at radius 1 is 1.17 bits per heavy atom. The molecule has 5 rings (SSSR count). The van der Waals surface area contributed by atoms with Gasteiger partial charge >= 0.3 is 0 Å². The van der Waals surface area contributed by atoms with Crippen LogP contribution in [0.1, 0.15) is 41.8 Å². The molecule has 0 radical (unpaired) electrons. The summed E-state index contributed by atoms with van der Waals surface area (Å²) in [5.41, 5.74) is 4.79. The third-order valence-electron chi connectivity index (χ3n) is 6.50. The van der Waals surface area contributed by atoms with Crippen molar-refractivity contribution in [2.45, 2.75) is 52.3 Å². The van der Waals surface area contributed by atoms with E-state index in [2.05, 4.69) is 65.5 Å². The lowest BCUT2D eigenvalue weighted by Gasteiger charge is -2.28. The first kappa shape index (κ1) is 18.3. The molecule has 2 aromatic heterocycles. The largest absolute Gasteiger partial charge is 0.374 e. The van der Waals surface area contributed by atoms with E-state index in [1.54, 1.807) is 0 Å². The molecular formula is C23H27N5O. The molecule has 2 aliphatic rings. The summed E-state index contributed by atoms with van der Waals surface area (Å²) in [6.45, 7) is 10.2. The molecule has 2 bridgehead atoms. The summed E-state index contributed by atoms with van der Waals surface area (Å²) in [5.74, 6) is 1.81. The average Bonchev–Trinajstić information content (AvgIpc) is 3.35. The van der Waals surface area contributed by atoms with Gasteiger partial charge in [0.25, 0.3) is 0 Å². The Balaban J connectivity index is 1.52. The van der Waals surface area contributed by atoms with Crippen molar-refractivity contribution < 1.29 is 4.74 Å². The molecule has 2 fully saturated rings. The van der Waals surface area contributed by atoms with Crippen molar-refractivity contribution in [2.24, 2.45) is 0 Å². The highest BCUT2D eigenvalue weighted by molar-refractivity contribution is 5.94. The third kappa shape index (κ3) is 3.12. The predicted octanol–water partition coefficient (Wildman–Crippen LogP) is 4.10. The lowest BCUT2D eigenvalue weighted by Crippen LogP contribution is -2.37. The maximum Gasteiger partial charge on any atom is 0.157 e. The van der Waals surface area contributed by atoms with Gasteiger partial charge in [0.05, 0.1) is 30.5 Å². The Morgan fingerprint density at radius 2 is 2.03 bits per heavy atom. The fraction of sp³-hybridized carbons (Fsp3) is 0.435. The van der Waals surface area contributed by atoms with Crippen LogP contribution < -0.4 is 10.2 Å². The van der Waals surface area contributed by atoms with Crippen molar-refractivity contribution >= 4 is 22.4 Å². The smallest absolute Gasteiger partial charge is 0.157 e. The number of hydrogen-bond donors (Lipinski definition) is 1. The third-order valence-corrected chi connectivity index (χ3v) is 6.50. The van der Waals surface area contributed by atoms with Crippen molar-refractivity contribution in [3.8, 4) is 0 Å². The number of hydrogen-bond acceptors (Lipinski definition) is 6. The highest BCUT2D eigenvalue weighted by atomic mass is 16.5. The van der Waals surface area contributed by atoms with E-state index in [1.807, 2.05) is 13.1 Å². The molecule has 0 aliphatic carbocycles. The molecule has 6 nitrogen and oxygen atoms in total. The number of pyridine rings is 1. The van der Waals surface area contributed by atoms with Gasteiger partial charge in [0.15, 0.2) is 5.82 Å². The van der Waals surface area contributed by atoms with Crippen LogP contribution >= 0.6 is 0 Å². The highest BCUT2D eigenvalue weighted by Gasteiger charge is 2.39. The molecule has 0 spiro atoms. The van der Waals surface area contributed by atoms with Crippen molar-refractivity contribution in [3.05, 3.63) is 52.8 Å². The Kier molecular flexibility index (Phi) is 4.39. The zero-order valence-electron chi connectivity index (χ0n) is 17.4. The SMILES string of the molecule is Cc1cccc([C@@H](C)Nc2nnc(C)c3cnc(N4C[C@H]5C[C@@H]4CO5)cc23)c1C. The van der Waals surface area contributed by atoms with Crippen LogP contribution in [-0.2, 0) is 4.74 Å². The highest BCUT2D eigenvalue weighted by Crippen LogP contribution is 2.35. The second-order valence-corrected chi connectivity index (χ2v) is 8.37. The number of nitrogens with zero attached hydrogens (tertiary/aromatic N) is 4. The molecule has 2 aliphatic heterocycles. The van der Waals surface area contributed by atoms with Crippen molar-refractivity contribution in [1.82, 2.24) is 15.2 Å². The molecule has 0 amide bonds. The van der Waals surface area contributed by atoms with Crippen LogP contribution in [0.2, 0.25) is 0 Å². The van der Waals surface area contributed by atoms with Crippen LogP contribution in [0.25, 0.3) is 10.8 Å². The first-order chi connectivity index (χ1) is 14.0. The fourth-order valence-corrected chi connectivity index (χ4v) is 4.63.